The minimum absolute atomic E-state index is 0.00595. The van der Waals surface area contributed by atoms with Crippen LogP contribution in [-0.4, -0.2) is 60.1 Å². The van der Waals surface area contributed by atoms with Crippen LogP contribution in [0.5, 0.6) is 0 Å². The smallest absolute Gasteiger partial charge is 0.274 e. The molecule has 7 heteroatoms. The summed E-state index contributed by atoms with van der Waals surface area (Å²) in [6, 6.07) is 0.239. The van der Waals surface area contributed by atoms with Crippen molar-refractivity contribution in [1.82, 2.24) is 14.7 Å². The fourth-order valence-corrected chi connectivity index (χ4v) is 4.91. The number of amides is 1. The fourth-order valence-electron chi connectivity index (χ4n) is 3.88. The van der Waals surface area contributed by atoms with Gasteiger partial charge < -0.3 is 14.4 Å². The second kappa shape index (κ2) is 8.04. The molecule has 144 valence electrons. The molecule has 0 N–H and O–H groups in total. The Labute approximate surface area is 163 Å². The number of thioether (sulfide) groups is 1. The van der Waals surface area contributed by atoms with Gasteiger partial charge in [-0.15, -0.1) is 11.8 Å². The maximum atomic E-state index is 13.2. The number of aromatic nitrogens is 2. The summed E-state index contributed by atoms with van der Waals surface area (Å²) < 4.78 is 13.0. The molecule has 0 aromatic carbocycles. The van der Waals surface area contributed by atoms with E-state index in [-0.39, 0.29) is 11.9 Å². The molecule has 0 aliphatic carbocycles. The van der Waals surface area contributed by atoms with Gasteiger partial charge in [0.2, 0.25) is 0 Å². The Morgan fingerprint density at radius 3 is 2.48 bits per heavy atom. The quantitative estimate of drug-likeness (QED) is 0.795. The Morgan fingerprint density at radius 1 is 1.11 bits per heavy atom. The monoisotopic (exact) mass is 387 g/mol. The summed E-state index contributed by atoms with van der Waals surface area (Å²) >= 11 is 1.69. The first-order valence-corrected chi connectivity index (χ1v) is 10.4. The van der Waals surface area contributed by atoms with Crippen molar-refractivity contribution in [2.45, 2.75) is 24.6 Å². The Kier molecular flexibility index (Phi) is 5.52. The maximum absolute atomic E-state index is 13.2. The molecule has 0 saturated carbocycles. The highest BCUT2D eigenvalue weighted by Gasteiger charge is 2.33. The summed E-state index contributed by atoms with van der Waals surface area (Å²) in [6.45, 7) is 11.8. The number of carbonyl (C=O) groups is 1. The average Bonchev–Trinajstić information content (AvgIpc) is 3.13. The molecule has 3 aliphatic rings. The van der Waals surface area contributed by atoms with E-state index in [9.17, 15) is 4.79 Å². The molecule has 27 heavy (non-hydrogen) atoms. The number of hydrogen-bond donors (Lipinski definition) is 0. The van der Waals surface area contributed by atoms with Crippen LogP contribution in [0.25, 0.3) is 5.57 Å². The van der Waals surface area contributed by atoms with E-state index < -0.39 is 0 Å². The second-order valence-corrected chi connectivity index (χ2v) is 7.86. The molecule has 0 radical (unpaired) electrons. The summed E-state index contributed by atoms with van der Waals surface area (Å²) in [4.78, 5) is 16.2. The average molecular weight is 388 g/mol. The Morgan fingerprint density at radius 2 is 1.81 bits per heavy atom. The Hall–Kier alpha value is -1.83. The predicted molar refractivity (Wildman–Crippen MR) is 107 cm³/mol. The number of nitrogens with zero attached hydrogens (tertiary/aromatic N) is 3. The van der Waals surface area contributed by atoms with Crippen molar-refractivity contribution >= 4 is 23.2 Å². The van der Waals surface area contributed by atoms with Crippen LogP contribution in [0.4, 0.5) is 0 Å². The van der Waals surface area contributed by atoms with Crippen LogP contribution in [0.15, 0.2) is 30.2 Å². The van der Waals surface area contributed by atoms with E-state index in [1.54, 1.807) is 11.8 Å². The highest BCUT2D eigenvalue weighted by molar-refractivity contribution is 8.02. The lowest BCUT2D eigenvalue weighted by Gasteiger charge is -2.26. The van der Waals surface area contributed by atoms with Crippen LogP contribution in [0, 0.1) is 0 Å². The van der Waals surface area contributed by atoms with E-state index in [1.165, 1.54) is 0 Å². The lowest BCUT2D eigenvalue weighted by Crippen LogP contribution is -2.41. The first kappa shape index (κ1) is 18.5. The third-order valence-electron chi connectivity index (χ3n) is 5.33. The van der Waals surface area contributed by atoms with E-state index in [1.807, 2.05) is 17.1 Å². The van der Waals surface area contributed by atoms with Crippen LogP contribution in [-0.2, 0) is 15.2 Å². The normalized spacial score (nSPS) is 21.1. The van der Waals surface area contributed by atoms with Gasteiger partial charge in [0.1, 0.15) is 0 Å². The molecule has 4 heterocycles. The molecule has 0 bridgehead atoms. The summed E-state index contributed by atoms with van der Waals surface area (Å²) in [5.74, 6) is 0.731. The number of rotatable bonds is 4. The lowest BCUT2D eigenvalue weighted by molar-refractivity contribution is 0.0296. The van der Waals surface area contributed by atoms with Crippen molar-refractivity contribution < 1.29 is 14.3 Å². The van der Waals surface area contributed by atoms with Gasteiger partial charge in [-0.2, -0.15) is 5.10 Å². The number of carbonyl (C=O) groups excluding carboxylic acids is 1. The van der Waals surface area contributed by atoms with E-state index in [0.29, 0.717) is 32.0 Å². The highest BCUT2D eigenvalue weighted by atomic mass is 32.2. The second-order valence-electron chi connectivity index (χ2n) is 6.84. The zero-order chi connectivity index (χ0) is 18.8. The largest absolute Gasteiger partial charge is 0.381 e. The zero-order valence-corrected chi connectivity index (χ0v) is 16.3. The molecule has 6 nitrogen and oxygen atoms in total. The van der Waals surface area contributed by atoms with Crippen LogP contribution in [0.3, 0.4) is 0 Å². The standard InChI is InChI=1S/C20H25N3O3S/c1-3-15-17(4-2)27-13-16-18(20(24)22-7-11-26-12-8-22)21-23(19(15)16)14-5-9-25-10-6-14/h3-4,14H,1-2,5-13H2. The van der Waals surface area contributed by atoms with Crippen molar-refractivity contribution in [2.24, 2.45) is 0 Å². The van der Waals surface area contributed by atoms with Crippen LogP contribution in [0.1, 0.15) is 40.6 Å². The highest BCUT2D eigenvalue weighted by Crippen LogP contribution is 2.42. The maximum Gasteiger partial charge on any atom is 0.274 e. The SMILES string of the molecule is C=CC1=C(C=C)c2c(c(C(=O)N3CCOCC3)nn2C2CCOCC2)CS1. The van der Waals surface area contributed by atoms with Gasteiger partial charge >= 0.3 is 0 Å². The predicted octanol–water partition coefficient (Wildman–Crippen LogP) is 3.04. The molecule has 1 aromatic rings. The van der Waals surface area contributed by atoms with E-state index in [0.717, 1.165) is 53.5 Å². The summed E-state index contributed by atoms with van der Waals surface area (Å²) in [7, 11) is 0. The Balaban J connectivity index is 1.80. The van der Waals surface area contributed by atoms with Crippen LogP contribution < -0.4 is 0 Å². The molecule has 0 atom stereocenters. The van der Waals surface area contributed by atoms with Gasteiger partial charge in [-0.25, -0.2) is 0 Å². The third-order valence-corrected chi connectivity index (χ3v) is 6.46. The molecule has 1 amide bonds. The molecular weight excluding hydrogens is 362 g/mol. The number of allylic oxidation sites excluding steroid dienone is 3. The summed E-state index contributed by atoms with van der Waals surface area (Å²) in [6.07, 6.45) is 5.54. The number of hydrogen-bond acceptors (Lipinski definition) is 5. The van der Waals surface area contributed by atoms with E-state index >= 15 is 0 Å². The molecule has 3 aliphatic heterocycles. The first-order valence-electron chi connectivity index (χ1n) is 9.43. The molecule has 0 unspecified atom stereocenters. The molecule has 2 saturated heterocycles. The molecule has 1 aromatic heterocycles. The van der Waals surface area contributed by atoms with Crippen molar-refractivity contribution in [1.29, 1.82) is 0 Å². The summed E-state index contributed by atoms with van der Waals surface area (Å²) in [5.41, 5.74) is 3.65. The fraction of sp³-hybridized carbons (Fsp3) is 0.500. The van der Waals surface area contributed by atoms with Gasteiger partial charge in [-0.1, -0.05) is 25.3 Å². The Bertz CT molecular complexity index is 787. The third kappa shape index (κ3) is 3.39. The van der Waals surface area contributed by atoms with Crippen molar-refractivity contribution in [3.05, 3.63) is 47.2 Å². The van der Waals surface area contributed by atoms with Gasteiger partial charge in [0, 0.05) is 48.1 Å². The van der Waals surface area contributed by atoms with Crippen molar-refractivity contribution in [3.63, 3.8) is 0 Å². The minimum Gasteiger partial charge on any atom is -0.381 e. The van der Waals surface area contributed by atoms with E-state index in [2.05, 4.69) is 17.8 Å². The number of ether oxygens (including phenoxy) is 2. The van der Waals surface area contributed by atoms with Crippen molar-refractivity contribution in [3.8, 4) is 0 Å². The van der Waals surface area contributed by atoms with Gasteiger partial charge in [-0.3, -0.25) is 9.48 Å². The van der Waals surface area contributed by atoms with Gasteiger partial charge in [0.15, 0.2) is 5.69 Å². The number of fused-ring (bicyclic) bond motifs is 1. The zero-order valence-electron chi connectivity index (χ0n) is 15.5. The minimum atomic E-state index is 0.00595. The number of morpholine rings is 1. The molecule has 2 fully saturated rings. The van der Waals surface area contributed by atoms with E-state index in [4.69, 9.17) is 14.6 Å². The van der Waals surface area contributed by atoms with Gasteiger partial charge in [0.25, 0.3) is 5.91 Å². The first-order chi connectivity index (χ1) is 13.2. The van der Waals surface area contributed by atoms with Crippen molar-refractivity contribution in [2.75, 3.05) is 39.5 Å². The molecule has 4 rings (SSSR count). The lowest BCUT2D eigenvalue weighted by atomic mass is 10.0. The van der Waals surface area contributed by atoms with Gasteiger partial charge in [-0.05, 0) is 12.8 Å². The topological polar surface area (TPSA) is 56.6 Å². The van der Waals surface area contributed by atoms with Crippen LogP contribution in [0.2, 0.25) is 0 Å². The van der Waals surface area contributed by atoms with Gasteiger partial charge in [0.05, 0.1) is 24.9 Å². The summed E-state index contributed by atoms with van der Waals surface area (Å²) in [5, 5.41) is 4.86. The molecule has 0 spiro atoms. The van der Waals surface area contributed by atoms with Crippen LogP contribution >= 0.6 is 11.8 Å². The molecular formula is C20H25N3O3S.